The Morgan fingerprint density at radius 1 is 1.23 bits per heavy atom. The molecule has 1 aromatic carbocycles. The van der Waals surface area contributed by atoms with E-state index in [4.69, 9.17) is 0 Å². The second-order valence-electron chi connectivity index (χ2n) is 8.15. The van der Waals surface area contributed by atoms with Gasteiger partial charge in [-0.2, -0.15) is 5.10 Å². The number of aromatic nitrogens is 2. The van der Waals surface area contributed by atoms with Gasteiger partial charge < -0.3 is 10.2 Å². The molecule has 1 aromatic heterocycles. The molecule has 2 N–H and O–H groups in total. The van der Waals surface area contributed by atoms with Gasteiger partial charge in [0.1, 0.15) is 17.1 Å². The Labute approximate surface area is 173 Å². The lowest BCUT2D eigenvalue weighted by atomic mass is 9.79. The van der Waals surface area contributed by atoms with Crippen LogP contribution in [0, 0.1) is 18.7 Å². The molecule has 0 unspecified atom stereocenters. The summed E-state index contributed by atoms with van der Waals surface area (Å²) in [5, 5.41) is 9.64. The Morgan fingerprint density at radius 3 is 2.50 bits per heavy atom. The van der Waals surface area contributed by atoms with Gasteiger partial charge in [0.05, 0.1) is 6.54 Å². The van der Waals surface area contributed by atoms with E-state index in [2.05, 4.69) is 15.5 Å². The van der Waals surface area contributed by atoms with Gasteiger partial charge in [0.2, 0.25) is 0 Å². The highest BCUT2D eigenvalue weighted by atomic mass is 19.1. The minimum absolute atomic E-state index is 0.0860. The fourth-order valence-corrected chi connectivity index (χ4v) is 4.26. The number of aryl methyl sites for hydroxylation is 1. The van der Waals surface area contributed by atoms with Crippen LogP contribution >= 0.6 is 0 Å². The Balaban J connectivity index is 1.41. The van der Waals surface area contributed by atoms with Gasteiger partial charge in [-0.3, -0.25) is 19.6 Å². The van der Waals surface area contributed by atoms with E-state index in [1.54, 1.807) is 30.0 Å². The van der Waals surface area contributed by atoms with Crippen molar-refractivity contribution in [3.8, 4) is 0 Å². The molecular weight excluding hydrogens is 389 g/mol. The average molecular weight is 413 g/mol. The van der Waals surface area contributed by atoms with Gasteiger partial charge in [-0.25, -0.2) is 9.18 Å². The van der Waals surface area contributed by atoms with E-state index in [1.165, 1.54) is 17.0 Å². The number of halogens is 1. The predicted molar refractivity (Wildman–Crippen MR) is 106 cm³/mol. The minimum Gasteiger partial charge on any atom is -0.337 e. The van der Waals surface area contributed by atoms with Crippen molar-refractivity contribution in [2.45, 2.75) is 38.8 Å². The maximum Gasteiger partial charge on any atom is 0.325 e. The van der Waals surface area contributed by atoms with E-state index in [0.717, 1.165) is 5.69 Å². The van der Waals surface area contributed by atoms with Crippen LogP contribution in [0.2, 0.25) is 0 Å². The van der Waals surface area contributed by atoms with Gasteiger partial charge in [0.15, 0.2) is 0 Å². The molecule has 2 aromatic rings. The third-order valence-corrected chi connectivity index (χ3v) is 6.08. The summed E-state index contributed by atoms with van der Waals surface area (Å²) in [7, 11) is 0. The molecule has 30 heavy (non-hydrogen) atoms. The molecule has 2 aliphatic heterocycles. The summed E-state index contributed by atoms with van der Waals surface area (Å²) in [6, 6.07) is 7.00. The third-order valence-electron chi connectivity index (χ3n) is 6.08. The lowest BCUT2D eigenvalue weighted by Crippen LogP contribution is -2.54. The van der Waals surface area contributed by atoms with E-state index in [-0.39, 0.29) is 30.1 Å². The number of nitrogens with zero attached hydrogens (tertiary/aromatic N) is 3. The van der Waals surface area contributed by atoms with Crippen molar-refractivity contribution >= 4 is 17.8 Å². The maximum absolute atomic E-state index is 13.1. The number of piperidine rings is 1. The Bertz CT molecular complexity index is 981. The van der Waals surface area contributed by atoms with Crippen molar-refractivity contribution in [2.24, 2.45) is 5.92 Å². The van der Waals surface area contributed by atoms with E-state index in [1.807, 2.05) is 6.92 Å². The topological polar surface area (TPSA) is 98.4 Å². The minimum atomic E-state index is -1.02. The van der Waals surface area contributed by atoms with Crippen LogP contribution in [0.1, 0.15) is 41.5 Å². The van der Waals surface area contributed by atoms with Crippen LogP contribution in [-0.4, -0.2) is 56.5 Å². The molecule has 3 heterocycles. The van der Waals surface area contributed by atoms with Crippen LogP contribution in [0.25, 0.3) is 0 Å². The van der Waals surface area contributed by atoms with Crippen LogP contribution in [0.3, 0.4) is 0 Å². The molecule has 158 valence electrons. The first-order valence-electron chi connectivity index (χ1n) is 9.98. The summed E-state index contributed by atoms with van der Waals surface area (Å²) in [5.41, 5.74) is 0.864. The largest absolute Gasteiger partial charge is 0.337 e. The number of carbonyl (C=O) groups is 3. The Hall–Kier alpha value is -3.23. The number of nitrogens with one attached hydrogen (secondary N) is 2. The number of benzene rings is 1. The quantitative estimate of drug-likeness (QED) is 0.751. The molecule has 0 spiro atoms. The molecule has 9 heteroatoms. The standard InChI is InChI=1S/C21H24FN5O3/c1-13-11-17(25-24-13)18(28)26-9-7-15(8-10-26)21(2)19(29)27(20(30)23-21)12-14-3-5-16(22)6-4-14/h3-6,11,15H,7-10,12H2,1-2H3,(H,23,30)(H,24,25)/t21-/m1/s1. The molecule has 4 amide bonds. The predicted octanol–water partition coefficient (Wildman–Crippen LogP) is 2.22. The highest BCUT2D eigenvalue weighted by Crippen LogP contribution is 2.34. The summed E-state index contributed by atoms with van der Waals surface area (Å²) < 4.78 is 13.1. The summed E-state index contributed by atoms with van der Waals surface area (Å²) in [4.78, 5) is 41.1. The molecule has 8 nitrogen and oxygen atoms in total. The third kappa shape index (κ3) is 3.55. The van der Waals surface area contributed by atoms with Gasteiger partial charge in [-0.05, 0) is 56.4 Å². The molecule has 2 aliphatic rings. The number of likely N-dealkylation sites (tertiary alicyclic amines) is 1. The van der Waals surface area contributed by atoms with Crippen LogP contribution in [0.5, 0.6) is 0 Å². The number of rotatable bonds is 4. The highest BCUT2D eigenvalue weighted by molar-refractivity contribution is 6.07. The fraction of sp³-hybridized carbons (Fsp3) is 0.429. The van der Waals surface area contributed by atoms with Crippen molar-refractivity contribution in [3.63, 3.8) is 0 Å². The highest BCUT2D eigenvalue weighted by Gasteiger charge is 2.52. The smallest absolute Gasteiger partial charge is 0.325 e. The normalized spacial score (nSPS) is 22.5. The van der Waals surface area contributed by atoms with Crippen molar-refractivity contribution in [1.82, 2.24) is 25.3 Å². The lowest BCUT2D eigenvalue weighted by Gasteiger charge is -2.38. The molecule has 2 saturated heterocycles. The molecule has 1 atom stereocenters. The number of H-pyrrole nitrogens is 1. The summed E-state index contributed by atoms with van der Waals surface area (Å²) in [6.45, 7) is 4.66. The summed E-state index contributed by atoms with van der Waals surface area (Å²) >= 11 is 0. The van der Waals surface area contributed by atoms with Gasteiger partial charge in [0.25, 0.3) is 11.8 Å². The number of aromatic amines is 1. The molecular formula is C21H24FN5O3. The Morgan fingerprint density at radius 2 is 1.90 bits per heavy atom. The van der Waals surface area contributed by atoms with Gasteiger partial charge in [0, 0.05) is 18.8 Å². The van der Waals surface area contributed by atoms with Crippen molar-refractivity contribution < 1.29 is 18.8 Å². The zero-order valence-electron chi connectivity index (χ0n) is 16.9. The lowest BCUT2D eigenvalue weighted by molar-refractivity contribution is -0.133. The van der Waals surface area contributed by atoms with E-state index in [9.17, 15) is 18.8 Å². The summed E-state index contributed by atoms with van der Waals surface area (Å²) in [6.07, 6.45) is 1.20. The number of hydrogen-bond donors (Lipinski definition) is 2. The fourth-order valence-electron chi connectivity index (χ4n) is 4.26. The molecule has 0 aliphatic carbocycles. The number of imide groups is 1. The zero-order chi connectivity index (χ0) is 21.5. The maximum atomic E-state index is 13.1. The van der Waals surface area contributed by atoms with E-state index < -0.39 is 11.6 Å². The number of amides is 4. The summed E-state index contributed by atoms with van der Waals surface area (Å²) in [5.74, 6) is -0.878. The van der Waals surface area contributed by atoms with Crippen molar-refractivity contribution in [3.05, 3.63) is 53.1 Å². The second kappa shape index (κ2) is 7.55. The van der Waals surface area contributed by atoms with Gasteiger partial charge in [-0.1, -0.05) is 12.1 Å². The Kier molecular flexibility index (Phi) is 5.05. The molecule has 2 fully saturated rings. The monoisotopic (exact) mass is 413 g/mol. The first kappa shape index (κ1) is 20.1. The van der Waals surface area contributed by atoms with Crippen LogP contribution in [0.15, 0.2) is 30.3 Å². The molecule has 0 bridgehead atoms. The molecule has 0 saturated carbocycles. The first-order chi connectivity index (χ1) is 14.3. The number of hydrogen-bond acceptors (Lipinski definition) is 4. The van der Waals surface area contributed by atoms with Gasteiger partial charge >= 0.3 is 6.03 Å². The van der Waals surface area contributed by atoms with Crippen molar-refractivity contribution in [1.29, 1.82) is 0 Å². The SMILES string of the molecule is Cc1cc(C(=O)N2CCC([C@@]3(C)NC(=O)N(Cc4ccc(F)cc4)C3=O)CC2)n[nH]1. The zero-order valence-corrected chi connectivity index (χ0v) is 16.9. The van der Waals surface area contributed by atoms with Gasteiger partial charge in [-0.15, -0.1) is 0 Å². The first-order valence-corrected chi connectivity index (χ1v) is 9.98. The number of urea groups is 1. The van der Waals surface area contributed by atoms with E-state index >= 15 is 0 Å². The van der Waals surface area contributed by atoms with E-state index in [0.29, 0.717) is 37.2 Å². The number of carbonyl (C=O) groups excluding carboxylic acids is 3. The average Bonchev–Trinajstić information content (AvgIpc) is 3.26. The van der Waals surface area contributed by atoms with Crippen LogP contribution < -0.4 is 5.32 Å². The van der Waals surface area contributed by atoms with Crippen molar-refractivity contribution in [2.75, 3.05) is 13.1 Å². The van der Waals surface area contributed by atoms with Crippen LogP contribution in [-0.2, 0) is 11.3 Å². The molecule has 4 rings (SSSR count). The van der Waals surface area contributed by atoms with Crippen LogP contribution in [0.4, 0.5) is 9.18 Å². The second-order valence-corrected chi connectivity index (χ2v) is 8.15. The molecule has 0 radical (unpaired) electrons.